The van der Waals surface area contributed by atoms with Crippen LogP contribution < -0.4 is 15.5 Å². The Kier molecular flexibility index (Phi) is 6.60. The maximum absolute atomic E-state index is 12.2. The predicted octanol–water partition coefficient (Wildman–Crippen LogP) is 4.11. The van der Waals surface area contributed by atoms with E-state index in [0.29, 0.717) is 11.3 Å². The molecule has 0 saturated carbocycles. The number of carbonyl (C=O) groups is 2. The van der Waals surface area contributed by atoms with Gasteiger partial charge in [0.1, 0.15) is 0 Å². The SMILES string of the molecule is CCN(CC)c1ccc(NC(=O)Nc2ccc(CC(=O)O)cc2)c(C)c1. The minimum Gasteiger partial charge on any atom is -0.481 e. The van der Waals surface area contributed by atoms with Crippen LogP contribution >= 0.6 is 0 Å². The van der Waals surface area contributed by atoms with Crippen LogP contribution in [0.3, 0.4) is 0 Å². The number of hydrogen-bond donors (Lipinski definition) is 3. The van der Waals surface area contributed by atoms with E-state index >= 15 is 0 Å². The van der Waals surface area contributed by atoms with Gasteiger partial charge in [0.15, 0.2) is 0 Å². The lowest BCUT2D eigenvalue weighted by molar-refractivity contribution is -0.136. The van der Waals surface area contributed by atoms with Gasteiger partial charge in [0, 0.05) is 30.2 Å². The molecule has 2 amide bonds. The normalized spacial score (nSPS) is 10.3. The summed E-state index contributed by atoms with van der Waals surface area (Å²) in [7, 11) is 0. The fourth-order valence-corrected chi connectivity index (χ4v) is 2.74. The number of carbonyl (C=O) groups excluding carboxylic acids is 1. The van der Waals surface area contributed by atoms with E-state index in [1.807, 2.05) is 19.1 Å². The van der Waals surface area contributed by atoms with Gasteiger partial charge in [-0.15, -0.1) is 0 Å². The molecule has 0 atom stereocenters. The van der Waals surface area contributed by atoms with Crippen LogP contribution in [0.1, 0.15) is 25.0 Å². The highest BCUT2D eigenvalue weighted by Gasteiger charge is 2.08. The summed E-state index contributed by atoms with van der Waals surface area (Å²) in [5.41, 5.74) is 4.16. The Morgan fingerprint density at radius 1 is 1.00 bits per heavy atom. The zero-order valence-electron chi connectivity index (χ0n) is 15.4. The monoisotopic (exact) mass is 355 g/mol. The van der Waals surface area contributed by atoms with Crippen molar-refractivity contribution in [2.75, 3.05) is 28.6 Å². The summed E-state index contributed by atoms with van der Waals surface area (Å²) in [5.74, 6) is -0.882. The molecule has 0 aliphatic rings. The fraction of sp³-hybridized carbons (Fsp3) is 0.300. The largest absolute Gasteiger partial charge is 0.481 e. The van der Waals surface area contributed by atoms with Gasteiger partial charge in [0.05, 0.1) is 6.42 Å². The van der Waals surface area contributed by atoms with Crippen molar-refractivity contribution in [3.05, 3.63) is 53.6 Å². The first-order valence-electron chi connectivity index (χ1n) is 8.67. The maximum Gasteiger partial charge on any atom is 0.323 e. The number of benzene rings is 2. The lowest BCUT2D eigenvalue weighted by Crippen LogP contribution is -2.22. The topological polar surface area (TPSA) is 81.7 Å². The van der Waals surface area contributed by atoms with Crippen molar-refractivity contribution in [3.8, 4) is 0 Å². The standard InChI is InChI=1S/C20H25N3O3/c1-4-23(5-2)17-10-11-18(14(3)12-17)22-20(26)21-16-8-6-15(7-9-16)13-19(24)25/h6-12H,4-5,13H2,1-3H3,(H,24,25)(H2,21,22,26). The fourth-order valence-electron chi connectivity index (χ4n) is 2.74. The van der Waals surface area contributed by atoms with E-state index in [1.165, 1.54) is 0 Å². The predicted molar refractivity (Wildman–Crippen MR) is 105 cm³/mol. The van der Waals surface area contributed by atoms with Crippen LogP contribution in [0, 0.1) is 6.92 Å². The number of urea groups is 1. The van der Waals surface area contributed by atoms with Gasteiger partial charge in [-0.25, -0.2) is 4.79 Å². The Morgan fingerprint density at radius 3 is 2.19 bits per heavy atom. The van der Waals surface area contributed by atoms with Crippen molar-refractivity contribution < 1.29 is 14.7 Å². The van der Waals surface area contributed by atoms with E-state index in [1.54, 1.807) is 24.3 Å². The van der Waals surface area contributed by atoms with Gasteiger partial charge in [-0.3, -0.25) is 4.79 Å². The van der Waals surface area contributed by atoms with Crippen LogP contribution in [0.4, 0.5) is 21.9 Å². The van der Waals surface area contributed by atoms with E-state index < -0.39 is 5.97 Å². The second-order valence-electron chi connectivity index (χ2n) is 6.02. The van der Waals surface area contributed by atoms with Gasteiger partial charge < -0.3 is 20.6 Å². The van der Waals surface area contributed by atoms with Crippen molar-refractivity contribution in [1.29, 1.82) is 0 Å². The van der Waals surface area contributed by atoms with Crippen LogP contribution in [0.5, 0.6) is 0 Å². The molecule has 0 radical (unpaired) electrons. The first-order valence-corrected chi connectivity index (χ1v) is 8.67. The summed E-state index contributed by atoms with van der Waals surface area (Å²) in [6.45, 7) is 8.05. The minimum absolute atomic E-state index is 0.0371. The second kappa shape index (κ2) is 8.89. The molecule has 0 saturated heterocycles. The molecule has 6 heteroatoms. The number of carboxylic acids is 1. The Balaban J connectivity index is 2.00. The Bertz CT molecular complexity index is 768. The molecular formula is C20H25N3O3. The second-order valence-corrected chi connectivity index (χ2v) is 6.02. The van der Waals surface area contributed by atoms with Crippen LogP contribution in [-0.4, -0.2) is 30.2 Å². The van der Waals surface area contributed by atoms with Crippen molar-refractivity contribution in [1.82, 2.24) is 0 Å². The van der Waals surface area contributed by atoms with Gasteiger partial charge >= 0.3 is 12.0 Å². The zero-order chi connectivity index (χ0) is 19.1. The number of aryl methyl sites for hydroxylation is 1. The van der Waals surface area contributed by atoms with E-state index in [-0.39, 0.29) is 12.5 Å². The lowest BCUT2D eigenvalue weighted by atomic mass is 10.1. The number of amides is 2. The number of rotatable bonds is 7. The molecule has 0 bridgehead atoms. The molecule has 0 fully saturated rings. The molecule has 6 nitrogen and oxygen atoms in total. The summed E-state index contributed by atoms with van der Waals surface area (Å²) in [5, 5.41) is 14.4. The third kappa shape index (κ3) is 5.24. The molecule has 3 N–H and O–H groups in total. The van der Waals surface area contributed by atoms with Crippen molar-refractivity contribution >= 4 is 29.1 Å². The molecular weight excluding hydrogens is 330 g/mol. The highest BCUT2D eigenvalue weighted by Crippen LogP contribution is 2.23. The number of hydrogen-bond acceptors (Lipinski definition) is 3. The Labute approximate surface area is 153 Å². The third-order valence-corrected chi connectivity index (χ3v) is 4.15. The third-order valence-electron chi connectivity index (χ3n) is 4.15. The summed E-state index contributed by atoms with van der Waals surface area (Å²) >= 11 is 0. The summed E-state index contributed by atoms with van der Waals surface area (Å²) in [4.78, 5) is 25.1. The van der Waals surface area contributed by atoms with E-state index in [0.717, 1.165) is 30.0 Å². The molecule has 2 rings (SSSR count). The quantitative estimate of drug-likeness (QED) is 0.698. The van der Waals surface area contributed by atoms with Gasteiger partial charge in [-0.1, -0.05) is 12.1 Å². The van der Waals surface area contributed by atoms with Gasteiger partial charge in [0.25, 0.3) is 0 Å². The number of nitrogens with zero attached hydrogens (tertiary/aromatic N) is 1. The van der Waals surface area contributed by atoms with Crippen LogP contribution in [0.2, 0.25) is 0 Å². The molecule has 26 heavy (non-hydrogen) atoms. The molecule has 2 aromatic rings. The van der Waals surface area contributed by atoms with Crippen LogP contribution in [0.15, 0.2) is 42.5 Å². The van der Waals surface area contributed by atoms with Gasteiger partial charge in [0.2, 0.25) is 0 Å². The average Bonchev–Trinajstić information content (AvgIpc) is 2.59. The molecule has 0 aromatic heterocycles. The Morgan fingerprint density at radius 2 is 1.65 bits per heavy atom. The zero-order valence-corrected chi connectivity index (χ0v) is 15.4. The van der Waals surface area contributed by atoms with E-state index in [9.17, 15) is 9.59 Å². The van der Waals surface area contributed by atoms with Crippen molar-refractivity contribution in [3.63, 3.8) is 0 Å². The molecule has 0 aliphatic heterocycles. The van der Waals surface area contributed by atoms with Crippen molar-refractivity contribution in [2.24, 2.45) is 0 Å². The first kappa shape index (κ1) is 19.3. The number of nitrogens with one attached hydrogen (secondary N) is 2. The summed E-state index contributed by atoms with van der Waals surface area (Å²) < 4.78 is 0. The molecule has 0 spiro atoms. The molecule has 0 heterocycles. The number of aliphatic carboxylic acids is 1. The lowest BCUT2D eigenvalue weighted by Gasteiger charge is -2.22. The highest BCUT2D eigenvalue weighted by atomic mass is 16.4. The van der Waals surface area contributed by atoms with Crippen LogP contribution in [-0.2, 0) is 11.2 Å². The highest BCUT2D eigenvalue weighted by molar-refractivity contribution is 6.00. The maximum atomic E-state index is 12.2. The molecule has 138 valence electrons. The number of carboxylic acid groups (broad SMARTS) is 1. The van der Waals surface area contributed by atoms with Gasteiger partial charge in [-0.2, -0.15) is 0 Å². The van der Waals surface area contributed by atoms with E-state index in [2.05, 4.69) is 35.4 Å². The first-order chi connectivity index (χ1) is 12.4. The van der Waals surface area contributed by atoms with E-state index in [4.69, 9.17) is 5.11 Å². The number of anilines is 3. The summed E-state index contributed by atoms with van der Waals surface area (Å²) in [6.07, 6.45) is -0.0371. The van der Waals surface area contributed by atoms with Crippen molar-refractivity contribution in [2.45, 2.75) is 27.2 Å². The summed E-state index contributed by atoms with van der Waals surface area (Å²) in [6, 6.07) is 12.4. The smallest absolute Gasteiger partial charge is 0.323 e. The van der Waals surface area contributed by atoms with Gasteiger partial charge in [-0.05, 0) is 62.2 Å². The average molecular weight is 355 g/mol. The molecule has 2 aromatic carbocycles. The minimum atomic E-state index is -0.882. The van der Waals surface area contributed by atoms with Crippen LogP contribution in [0.25, 0.3) is 0 Å². The molecule has 0 aliphatic carbocycles. The Hall–Kier alpha value is -3.02. The molecule has 0 unspecified atom stereocenters.